The van der Waals surface area contributed by atoms with Crippen molar-refractivity contribution in [2.45, 2.75) is 24.9 Å². The summed E-state index contributed by atoms with van der Waals surface area (Å²) in [5.41, 5.74) is 0.164. The van der Waals surface area contributed by atoms with Crippen molar-refractivity contribution in [1.29, 1.82) is 0 Å². The first-order valence-electron chi connectivity index (χ1n) is 6.83. The van der Waals surface area contributed by atoms with Crippen LogP contribution in [0.2, 0.25) is 0 Å². The Morgan fingerprint density at radius 2 is 1.81 bits per heavy atom. The van der Waals surface area contributed by atoms with Crippen LogP contribution in [0.5, 0.6) is 11.5 Å². The van der Waals surface area contributed by atoms with Gasteiger partial charge in [0.25, 0.3) is 0 Å². The van der Waals surface area contributed by atoms with Crippen molar-refractivity contribution in [2.24, 2.45) is 5.92 Å². The fourth-order valence-electron chi connectivity index (χ4n) is 3.29. The van der Waals surface area contributed by atoms with Crippen molar-refractivity contribution in [3.05, 3.63) is 23.8 Å². The Morgan fingerprint density at radius 3 is 2.33 bits per heavy atom. The van der Waals surface area contributed by atoms with Crippen LogP contribution >= 0.6 is 0 Å². The molecule has 3 aliphatic heterocycles. The summed E-state index contributed by atoms with van der Waals surface area (Å²) in [5.74, 6) is -0.0500. The van der Waals surface area contributed by atoms with Crippen molar-refractivity contribution in [3.8, 4) is 11.5 Å². The molecule has 0 unspecified atom stereocenters. The van der Waals surface area contributed by atoms with Gasteiger partial charge < -0.3 is 20.1 Å². The molecule has 0 radical (unpaired) electrons. The number of amides is 2. The third-order valence-electron chi connectivity index (χ3n) is 4.23. The normalized spacial score (nSPS) is 30.6. The zero-order valence-corrected chi connectivity index (χ0v) is 12.2. The number of carbonyl (C=O) groups excluding carboxylic acids is 2. The molecule has 0 aromatic heterocycles. The van der Waals surface area contributed by atoms with Gasteiger partial charge in [0.05, 0.1) is 14.2 Å². The van der Waals surface area contributed by atoms with Crippen LogP contribution in [0.4, 0.5) is 0 Å². The van der Waals surface area contributed by atoms with Gasteiger partial charge in [0.2, 0.25) is 11.8 Å². The number of nitrogens with one attached hydrogen (secondary N) is 2. The van der Waals surface area contributed by atoms with Gasteiger partial charge in [0.15, 0.2) is 0 Å². The average Bonchev–Trinajstić information content (AvgIpc) is 2.44. The van der Waals surface area contributed by atoms with E-state index in [1.54, 1.807) is 20.3 Å². The summed E-state index contributed by atoms with van der Waals surface area (Å²) in [6.07, 6.45) is 0.637. The standard InChI is InChI=1S/C15H18N2O4/c1-15-7-10(12(13(18)16-15)14(19)17-15)9-5-4-8(20-2)6-11(9)21-3/h4-6,10,12H,7H2,1-3H3,(H,16,18)(H,17,19)/t10-,12?,15?/m0/s1. The molecule has 0 aliphatic carbocycles. The molecule has 21 heavy (non-hydrogen) atoms. The number of ether oxygens (including phenoxy) is 2. The summed E-state index contributed by atoms with van der Waals surface area (Å²) in [5, 5.41) is 5.69. The minimum absolute atomic E-state index is 0.196. The Morgan fingerprint density at radius 1 is 1.14 bits per heavy atom. The summed E-state index contributed by atoms with van der Waals surface area (Å²) >= 11 is 0. The lowest BCUT2D eigenvalue weighted by Gasteiger charge is -2.48. The summed E-state index contributed by atoms with van der Waals surface area (Å²) < 4.78 is 10.6. The first-order valence-corrected chi connectivity index (χ1v) is 6.83. The highest BCUT2D eigenvalue weighted by Gasteiger charge is 2.53. The van der Waals surface area contributed by atoms with Crippen molar-refractivity contribution in [1.82, 2.24) is 10.6 Å². The van der Waals surface area contributed by atoms with Gasteiger partial charge in [0.1, 0.15) is 23.1 Å². The summed E-state index contributed by atoms with van der Waals surface area (Å²) in [6, 6.07) is 5.46. The van der Waals surface area contributed by atoms with Crippen LogP contribution in [0.15, 0.2) is 18.2 Å². The molecule has 4 rings (SSSR count). The predicted octanol–water partition coefficient (Wildman–Crippen LogP) is 0.769. The highest BCUT2D eigenvalue weighted by Crippen LogP contribution is 2.44. The Hall–Kier alpha value is -2.24. The maximum Gasteiger partial charge on any atom is 0.235 e. The second kappa shape index (κ2) is 4.65. The fourth-order valence-corrected chi connectivity index (χ4v) is 3.29. The second-order valence-corrected chi connectivity index (χ2v) is 5.71. The fraction of sp³-hybridized carbons (Fsp3) is 0.467. The highest BCUT2D eigenvalue weighted by atomic mass is 16.5. The molecule has 6 nitrogen and oxygen atoms in total. The van der Waals surface area contributed by atoms with Crippen molar-refractivity contribution in [3.63, 3.8) is 0 Å². The van der Waals surface area contributed by atoms with Crippen LogP contribution in [0.25, 0.3) is 0 Å². The topological polar surface area (TPSA) is 76.7 Å². The molecule has 1 atom stereocenters. The minimum atomic E-state index is -0.714. The van der Waals surface area contributed by atoms with Gasteiger partial charge in [-0.3, -0.25) is 9.59 Å². The van der Waals surface area contributed by atoms with Gasteiger partial charge in [0, 0.05) is 12.0 Å². The Bertz CT molecular complexity index is 596. The lowest BCUT2D eigenvalue weighted by atomic mass is 9.72. The van der Waals surface area contributed by atoms with Crippen LogP contribution in [0.3, 0.4) is 0 Å². The molecule has 1 aromatic carbocycles. The number of rotatable bonds is 3. The molecule has 2 amide bonds. The van der Waals surface area contributed by atoms with E-state index in [0.717, 1.165) is 5.56 Å². The molecular formula is C15H18N2O4. The number of hydrogen-bond acceptors (Lipinski definition) is 4. The van der Waals surface area contributed by atoms with E-state index in [2.05, 4.69) is 10.6 Å². The van der Waals surface area contributed by atoms with E-state index in [1.165, 1.54) is 0 Å². The van der Waals surface area contributed by atoms with E-state index in [4.69, 9.17) is 9.47 Å². The van der Waals surface area contributed by atoms with Crippen molar-refractivity contribution in [2.75, 3.05) is 14.2 Å². The van der Waals surface area contributed by atoms with Crippen LogP contribution in [0, 0.1) is 5.92 Å². The van der Waals surface area contributed by atoms with Gasteiger partial charge >= 0.3 is 0 Å². The molecule has 6 heteroatoms. The third-order valence-corrected chi connectivity index (χ3v) is 4.23. The molecule has 2 bridgehead atoms. The maximum atomic E-state index is 12.1. The molecule has 1 aromatic rings. The Labute approximate surface area is 122 Å². The summed E-state index contributed by atoms with van der Waals surface area (Å²) in [6.45, 7) is 1.82. The molecule has 0 spiro atoms. The monoisotopic (exact) mass is 290 g/mol. The molecule has 3 aliphatic rings. The first kappa shape index (κ1) is 13.7. The second-order valence-electron chi connectivity index (χ2n) is 5.71. The van der Waals surface area contributed by atoms with Crippen molar-refractivity contribution >= 4 is 11.8 Å². The maximum absolute atomic E-state index is 12.1. The first-order chi connectivity index (χ1) is 9.97. The van der Waals surface area contributed by atoms with Gasteiger partial charge in [-0.2, -0.15) is 0 Å². The Balaban J connectivity index is 2.04. The molecule has 3 saturated heterocycles. The number of hydrogen-bond donors (Lipinski definition) is 2. The van der Waals surface area contributed by atoms with Gasteiger partial charge in [-0.05, 0) is 25.0 Å². The summed E-state index contributed by atoms with van der Waals surface area (Å²) in [4.78, 5) is 24.3. The van der Waals surface area contributed by atoms with E-state index in [9.17, 15) is 9.59 Å². The predicted molar refractivity (Wildman–Crippen MR) is 75.1 cm³/mol. The molecular weight excluding hydrogens is 272 g/mol. The van der Waals surface area contributed by atoms with Crippen LogP contribution < -0.4 is 20.1 Å². The molecule has 2 N–H and O–H groups in total. The van der Waals surface area contributed by atoms with E-state index in [1.807, 2.05) is 19.1 Å². The zero-order valence-electron chi connectivity index (χ0n) is 12.2. The van der Waals surface area contributed by atoms with Crippen molar-refractivity contribution < 1.29 is 19.1 Å². The lowest BCUT2D eigenvalue weighted by molar-refractivity contribution is -0.149. The number of piperidine rings is 2. The Kier molecular flexibility index (Phi) is 3.04. The van der Waals surface area contributed by atoms with E-state index < -0.39 is 11.6 Å². The molecule has 3 fully saturated rings. The average molecular weight is 290 g/mol. The minimum Gasteiger partial charge on any atom is -0.497 e. The number of carbonyl (C=O) groups is 2. The van der Waals surface area contributed by atoms with E-state index >= 15 is 0 Å². The highest BCUT2D eigenvalue weighted by molar-refractivity contribution is 6.05. The third kappa shape index (κ3) is 2.11. The van der Waals surface area contributed by atoms with Crippen LogP contribution in [-0.4, -0.2) is 31.7 Å². The molecule has 112 valence electrons. The van der Waals surface area contributed by atoms with Crippen LogP contribution in [0.1, 0.15) is 24.8 Å². The van der Waals surface area contributed by atoms with E-state index in [0.29, 0.717) is 17.9 Å². The lowest BCUT2D eigenvalue weighted by Crippen LogP contribution is -2.72. The largest absolute Gasteiger partial charge is 0.497 e. The number of fused-ring (bicyclic) bond motifs is 3. The SMILES string of the molecule is COc1ccc([C@@H]2CC3(C)NC(=O)C2C(=O)N3)c(OC)c1. The molecule has 0 saturated carbocycles. The smallest absolute Gasteiger partial charge is 0.235 e. The van der Waals surface area contributed by atoms with E-state index in [-0.39, 0.29) is 17.7 Å². The number of methoxy groups -OCH3 is 2. The zero-order chi connectivity index (χ0) is 15.2. The van der Waals surface area contributed by atoms with Gasteiger partial charge in [-0.15, -0.1) is 0 Å². The van der Waals surface area contributed by atoms with Gasteiger partial charge in [-0.1, -0.05) is 6.07 Å². The number of benzene rings is 1. The summed E-state index contributed by atoms with van der Waals surface area (Å²) in [7, 11) is 3.15. The molecule has 3 heterocycles. The van der Waals surface area contributed by atoms with Crippen LogP contribution in [-0.2, 0) is 9.59 Å². The quantitative estimate of drug-likeness (QED) is 0.806. The van der Waals surface area contributed by atoms with Gasteiger partial charge in [-0.25, -0.2) is 0 Å².